The first-order chi connectivity index (χ1) is 3.22. The molecule has 0 spiro atoms. The average Bonchev–Trinajstić information content (AvgIpc) is 2.17. The second-order valence-electron chi connectivity index (χ2n) is 1.15. The van der Waals surface area contributed by atoms with E-state index in [0.29, 0.717) is 0 Å². The summed E-state index contributed by atoms with van der Waals surface area (Å²) in [5.41, 5.74) is 0. The van der Waals surface area contributed by atoms with Crippen molar-refractivity contribution in [3.8, 4) is 0 Å². The maximum absolute atomic E-state index is 9.80. The number of rotatable bonds is 1. The van der Waals surface area contributed by atoms with Crippen molar-refractivity contribution in [2.24, 2.45) is 5.92 Å². The minimum absolute atomic E-state index is 0.229. The van der Waals surface area contributed by atoms with Crippen LogP contribution < -0.4 is 0 Å². The SMILES string of the molecule is [2H]C1=CC1C(=O)O. The molecule has 0 saturated carbocycles. The van der Waals surface area contributed by atoms with Gasteiger partial charge in [0.05, 0.1) is 7.29 Å². The van der Waals surface area contributed by atoms with Crippen molar-refractivity contribution in [1.82, 2.24) is 0 Å². The maximum Gasteiger partial charge on any atom is 0.314 e. The normalized spacial score (nSPS) is 31.0. The molecule has 32 valence electrons. The highest BCUT2D eigenvalue weighted by atomic mass is 16.4. The highest BCUT2D eigenvalue weighted by molar-refractivity contribution is 5.78. The largest absolute Gasteiger partial charge is 0.481 e. The summed E-state index contributed by atoms with van der Waals surface area (Å²) in [6, 6.07) is 0.229. The first-order valence-corrected chi connectivity index (χ1v) is 1.63. The molecule has 0 aromatic heterocycles. The Bertz CT molecular complexity index is 139. The third-order valence-electron chi connectivity index (χ3n) is 0.599. The van der Waals surface area contributed by atoms with Crippen LogP contribution in [0.2, 0.25) is 0 Å². The quantitative estimate of drug-likeness (QED) is 0.463. The average molecular weight is 85.1 g/mol. The van der Waals surface area contributed by atoms with Gasteiger partial charge in [-0.1, -0.05) is 12.1 Å². The summed E-state index contributed by atoms with van der Waals surface area (Å²) in [5.74, 6) is -1.47. The van der Waals surface area contributed by atoms with Gasteiger partial charge in [-0.05, 0) is 0 Å². The molecule has 0 heterocycles. The molecule has 6 heavy (non-hydrogen) atoms. The molecule has 0 amide bonds. The summed E-state index contributed by atoms with van der Waals surface area (Å²) in [7, 11) is 0. The van der Waals surface area contributed by atoms with Crippen LogP contribution in [-0.2, 0) is 4.79 Å². The van der Waals surface area contributed by atoms with Crippen molar-refractivity contribution >= 4 is 5.97 Å². The molecule has 0 saturated heterocycles. The van der Waals surface area contributed by atoms with E-state index in [0.717, 1.165) is 0 Å². The molecule has 1 unspecified atom stereocenters. The van der Waals surface area contributed by atoms with Crippen molar-refractivity contribution < 1.29 is 11.3 Å². The van der Waals surface area contributed by atoms with E-state index in [1.165, 1.54) is 6.08 Å². The molecule has 0 aliphatic heterocycles. The van der Waals surface area contributed by atoms with E-state index >= 15 is 0 Å². The number of aliphatic carboxylic acids is 1. The highest BCUT2D eigenvalue weighted by Crippen LogP contribution is 2.14. The summed E-state index contributed by atoms with van der Waals surface area (Å²) < 4.78 is 6.66. The molecule has 0 fully saturated rings. The van der Waals surface area contributed by atoms with Crippen LogP contribution in [0.25, 0.3) is 0 Å². The molecule has 1 aliphatic rings. The van der Waals surface area contributed by atoms with Gasteiger partial charge >= 0.3 is 5.97 Å². The Kier molecular flexibility index (Phi) is 0.333. The topological polar surface area (TPSA) is 37.3 Å². The Hall–Kier alpha value is -0.790. The molecule has 0 aromatic carbocycles. The van der Waals surface area contributed by atoms with Gasteiger partial charge in [0.25, 0.3) is 0 Å². The van der Waals surface area contributed by atoms with Gasteiger partial charge in [-0.15, -0.1) is 0 Å². The van der Waals surface area contributed by atoms with Crippen LogP contribution in [0.3, 0.4) is 0 Å². The zero-order chi connectivity index (χ0) is 5.44. The summed E-state index contributed by atoms with van der Waals surface area (Å²) in [4.78, 5) is 9.80. The van der Waals surface area contributed by atoms with Crippen LogP contribution in [-0.4, -0.2) is 11.1 Å². The van der Waals surface area contributed by atoms with Gasteiger partial charge < -0.3 is 5.11 Å². The van der Waals surface area contributed by atoms with E-state index in [1.807, 2.05) is 0 Å². The fourth-order valence-corrected chi connectivity index (χ4v) is 0.191. The van der Waals surface area contributed by atoms with Crippen LogP contribution in [0.15, 0.2) is 12.1 Å². The summed E-state index contributed by atoms with van der Waals surface area (Å²) >= 11 is 0. The second-order valence-corrected chi connectivity index (χ2v) is 1.15. The second kappa shape index (κ2) is 0.834. The standard InChI is InChI=1S/C4H4O2/c5-4(6)3-1-2-3/h1-3H,(H,5,6)/i1D. The predicted molar refractivity (Wildman–Crippen MR) is 20.3 cm³/mol. The number of carbonyl (C=O) groups is 1. The molecule has 0 aromatic rings. The first-order valence-electron chi connectivity index (χ1n) is 2.13. The van der Waals surface area contributed by atoms with Crippen molar-refractivity contribution in [3.05, 3.63) is 12.1 Å². The van der Waals surface area contributed by atoms with E-state index in [-0.39, 0.29) is 6.05 Å². The molecule has 1 aliphatic carbocycles. The summed E-state index contributed by atoms with van der Waals surface area (Å²) in [6.07, 6.45) is 1.39. The molecule has 0 bridgehead atoms. The lowest BCUT2D eigenvalue weighted by Gasteiger charge is -1.77. The molecule has 1 rings (SSSR count). The van der Waals surface area contributed by atoms with E-state index in [2.05, 4.69) is 0 Å². The van der Waals surface area contributed by atoms with Gasteiger partial charge in [0, 0.05) is 0 Å². The smallest absolute Gasteiger partial charge is 0.314 e. The minimum Gasteiger partial charge on any atom is -0.481 e. The zero-order valence-electron chi connectivity index (χ0n) is 4.01. The van der Waals surface area contributed by atoms with Crippen LogP contribution in [0, 0.1) is 5.92 Å². The van der Waals surface area contributed by atoms with Crippen LogP contribution in [0.1, 0.15) is 1.37 Å². The van der Waals surface area contributed by atoms with Crippen molar-refractivity contribution in [1.29, 1.82) is 0 Å². The van der Waals surface area contributed by atoms with Crippen LogP contribution in [0.5, 0.6) is 0 Å². The third kappa shape index (κ3) is 0.407. The first kappa shape index (κ1) is 2.39. The van der Waals surface area contributed by atoms with E-state index < -0.39 is 11.9 Å². The Morgan fingerprint density at radius 2 is 2.67 bits per heavy atom. The molecule has 2 heteroatoms. The zero-order valence-corrected chi connectivity index (χ0v) is 3.01. The summed E-state index contributed by atoms with van der Waals surface area (Å²) in [6.45, 7) is 0. The Morgan fingerprint density at radius 1 is 2.17 bits per heavy atom. The lowest BCUT2D eigenvalue weighted by molar-refractivity contribution is -0.137. The summed E-state index contributed by atoms with van der Waals surface area (Å²) in [5, 5.41) is 8.05. The van der Waals surface area contributed by atoms with E-state index in [4.69, 9.17) is 6.48 Å². The molecule has 0 radical (unpaired) electrons. The van der Waals surface area contributed by atoms with Crippen molar-refractivity contribution in [3.63, 3.8) is 0 Å². The van der Waals surface area contributed by atoms with E-state index in [1.54, 1.807) is 0 Å². The Balaban J connectivity index is 2.39. The molecular formula is C4H4O2. The molecule has 1 atom stereocenters. The van der Waals surface area contributed by atoms with E-state index in [9.17, 15) is 4.79 Å². The molecular weight excluding hydrogens is 80.0 g/mol. The Labute approximate surface area is 36.5 Å². The van der Waals surface area contributed by atoms with Crippen molar-refractivity contribution in [2.75, 3.05) is 0 Å². The van der Waals surface area contributed by atoms with Gasteiger partial charge in [-0.3, -0.25) is 4.79 Å². The van der Waals surface area contributed by atoms with Gasteiger partial charge in [0.1, 0.15) is 0 Å². The van der Waals surface area contributed by atoms with Crippen LogP contribution in [0.4, 0.5) is 0 Å². The van der Waals surface area contributed by atoms with Crippen molar-refractivity contribution in [2.45, 2.75) is 0 Å². The third-order valence-corrected chi connectivity index (χ3v) is 0.599. The fraction of sp³-hybridized carbons (Fsp3) is 0.250. The number of carboxylic acid groups (broad SMARTS) is 1. The van der Waals surface area contributed by atoms with Gasteiger partial charge in [-0.2, -0.15) is 0 Å². The molecule has 1 N–H and O–H groups in total. The lowest BCUT2D eigenvalue weighted by atomic mass is 10.4. The number of hydrogen-bond donors (Lipinski definition) is 1. The minimum atomic E-state index is -0.912. The Morgan fingerprint density at radius 3 is 2.67 bits per heavy atom. The highest BCUT2D eigenvalue weighted by Gasteiger charge is 2.18. The fourth-order valence-electron chi connectivity index (χ4n) is 0.191. The lowest BCUT2D eigenvalue weighted by Crippen LogP contribution is -1.96. The van der Waals surface area contributed by atoms with Gasteiger partial charge in [0.15, 0.2) is 0 Å². The van der Waals surface area contributed by atoms with Crippen LogP contribution >= 0.6 is 0 Å². The van der Waals surface area contributed by atoms with Gasteiger partial charge in [-0.25, -0.2) is 0 Å². The van der Waals surface area contributed by atoms with Gasteiger partial charge in [0.2, 0.25) is 0 Å². The maximum atomic E-state index is 9.80. The predicted octanol–water partition coefficient (Wildman–Crippen LogP) is 0.257. The molecule has 2 nitrogen and oxygen atoms in total. The number of carboxylic acids is 1. The number of hydrogen-bond acceptors (Lipinski definition) is 1. The monoisotopic (exact) mass is 85.0 g/mol.